The maximum atomic E-state index is 13.7. The van der Waals surface area contributed by atoms with Crippen LogP contribution in [0.2, 0.25) is 5.02 Å². The first kappa shape index (κ1) is 29.3. The van der Waals surface area contributed by atoms with Crippen LogP contribution in [-0.2, 0) is 0 Å². The Labute approximate surface area is 253 Å². The molecule has 40 heavy (non-hydrogen) atoms. The zero-order chi connectivity index (χ0) is 27.0. The van der Waals surface area contributed by atoms with E-state index < -0.39 is 8.58 Å². The second-order valence-electron chi connectivity index (χ2n) is 8.31. The molecule has 0 saturated carbocycles. The smallest absolute Gasteiger partial charge is 1.00 e. The molecule has 0 heterocycles. The fourth-order valence-corrected chi connectivity index (χ4v) is 5.27. The van der Waals surface area contributed by atoms with Crippen LogP contribution >= 0.6 is 20.2 Å². The minimum absolute atomic E-state index is 0. The van der Waals surface area contributed by atoms with Gasteiger partial charge in [0.25, 0.3) is 0 Å². The van der Waals surface area contributed by atoms with E-state index in [4.69, 9.17) is 30.5 Å². The van der Waals surface area contributed by atoms with E-state index in [1.54, 1.807) is 30.3 Å². The third-order valence-corrected chi connectivity index (χ3v) is 7.16. The van der Waals surface area contributed by atoms with Gasteiger partial charge in [0.05, 0.1) is 23.0 Å². The van der Waals surface area contributed by atoms with Gasteiger partial charge in [-0.1, -0.05) is 72.3 Å². The van der Waals surface area contributed by atoms with Crippen molar-refractivity contribution in [1.29, 1.82) is 0 Å². The summed E-state index contributed by atoms with van der Waals surface area (Å²) in [4.78, 5) is 13.7. The number of carbonyl (C=O) groups is 1. The first-order chi connectivity index (χ1) is 19.1. The van der Waals surface area contributed by atoms with Gasteiger partial charge in [0.2, 0.25) is 0 Å². The number of benzene rings is 5. The van der Waals surface area contributed by atoms with Crippen LogP contribution < -0.4 is 43.1 Å². The summed E-state index contributed by atoms with van der Waals surface area (Å²) in [6, 6.07) is 36.7. The topological polar surface area (TPSA) is 54.0 Å². The molecule has 0 fully saturated rings. The molecule has 0 spiro atoms. The average Bonchev–Trinajstić information content (AvgIpc) is 2.96. The number of rotatable bonds is 10. The zero-order valence-electron chi connectivity index (χ0n) is 23.0. The summed E-state index contributed by atoms with van der Waals surface area (Å²) in [5, 5.41) is 0.877. The molecule has 0 aliphatic carbocycles. The summed E-state index contributed by atoms with van der Waals surface area (Å²) in [5.41, 5.74) is 0.0888. The van der Waals surface area contributed by atoms with Gasteiger partial charge in [-0.15, -0.1) is 0 Å². The number of hydrogen-bond donors (Lipinski definition) is 0. The van der Waals surface area contributed by atoms with Crippen molar-refractivity contribution in [3.8, 4) is 40.2 Å². The van der Waals surface area contributed by atoms with Crippen LogP contribution in [0.1, 0.15) is 11.8 Å². The van der Waals surface area contributed by atoms with E-state index in [1.165, 1.54) is 7.11 Å². The fourth-order valence-electron chi connectivity index (χ4n) is 3.84. The molecule has 0 aliphatic heterocycles. The van der Waals surface area contributed by atoms with E-state index >= 15 is 0 Å². The molecule has 196 valence electrons. The number of para-hydroxylation sites is 3. The van der Waals surface area contributed by atoms with Gasteiger partial charge in [-0.25, -0.2) is 0 Å². The SMILES string of the molecule is COc1cccc(Cl)c1C(=O)Pc1c(Oc2ccccc2)cc(Oc2ccccc2)cc1Oc1ccccc1.[H-].[Li+]. The van der Waals surface area contributed by atoms with E-state index in [9.17, 15) is 4.79 Å². The Kier molecular flexibility index (Phi) is 10.3. The van der Waals surface area contributed by atoms with Crippen molar-refractivity contribution >= 4 is 31.0 Å². The average molecular weight is 563 g/mol. The second-order valence-corrected chi connectivity index (χ2v) is 9.92. The van der Waals surface area contributed by atoms with Crippen LogP contribution in [0.25, 0.3) is 0 Å². The largest absolute Gasteiger partial charge is 1.00 e. The van der Waals surface area contributed by atoms with Crippen molar-refractivity contribution in [2.75, 3.05) is 7.11 Å². The van der Waals surface area contributed by atoms with Crippen LogP contribution in [0, 0.1) is 0 Å². The van der Waals surface area contributed by atoms with Gasteiger partial charge < -0.3 is 20.4 Å². The van der Waals surface area contributed by atoms with Crippen LogP contribution in [0.3, 0.4) is 0 Å². The number of methoxy groups -OCH3 is 1. The molecule has 0 saturated heterocycles. The fraction of sp³-hybridized carbons (Fsp3) is 0.0312. The van der Waals surface area contributed by atoms with Crippen molar-refractivity contribution in [3.63, 3.8) is 0 Å². The summed E-state index contributed by atoms with van der Waals surface area (Å²) >= 11 is 6.44. The Hall–Kier alpha value is -3.71. The third-order valence-electron chi connectivity index (χ3n) is 5.62. The molecule has 1 atom stereocenters. The standard InChI is InChI=1S/C32H24ClO5P.Li.H/c1-35-27-19-11-18-26(33)30(27)32(34)39-31-28(37-23-14-7-3-8-15-23)20-25(36-22-12-5-2-6-13-22)21-29(31)38-24-16-9-4-10-17-24;;/h2-21,39H,1H3;;/q;+1;-1. The summed E-state index contributed by atoms with van der Waals surface area (Å²) in [7, 11) is 1.12. The summed E-state index contributed by atoms with van der Waals surface area (Å²) in [6.45, 7) is 0. The first-order valence-corrected chi connectivity index (χ1v) is 13.5. The maximum absolute atomic E-state index is 13.7. The molecular weight excluding hydrogens is 538 g/mol. The number of hydrogen-bond acceptors (Lipinski definition) is 5. The Morgan fingerprint density at radius 3 is 1.57 bits per heavy atom. The molecule has 5 rings (SSSR count). The van der Waals surface area contributed by atoms with Crippen molar-refractivity contribution in [2.24, 2.45) is 0 Å². The third kappa shape index (κ3) is 7.27. The predicted octanol–water partition coefficient (Wildman–Crippen LogP) is 5.99. The van der Waals surface area contributed by atoms with Crippen molar-refractivity contribution < 1.29 is 44.0 Å². The minimum atomic E-state index is -0.392. The van der Waals surface area contributed by atoms with Gasteiger partial charge in [0, 0.05) is 12.1 Å². The molecule has 5 aromatic carbocycles. The number of halogens is 1. The number of ether oxygens (including phenoxy) is 4. The Bertz CT molecular complexity index is 1510. The molecule has 0 aromatic heterocycles. The Balaban J connectivity index is 0.00000231. The Morgan fingerprint density at radius 1 is 0.625 bits per heavy atom. The predicted molar refractivity (Wildman–Crippen MR) is 157 cm³/mol. The summed E-state index contributed by atoms with van der Waals surface area (Å²) in [5.74, 6) is 3.62. The van der Waals surface area contributed by atoms with Gasteiger partial charge in [-0.05, 0) is 57.1 Å². The molecule has 1 unspecified atom stereocenters. The molecule has 5 nitrogen and oxygen atoms in total. The van der Waals surface area contributed by atoms with Gasteiger partial charge in [-0.3, -0.25) is 4.79 Å². The number of carbonyl (C=O) groups excluding carboxylic acids is 1. The minimum Gasteiger partial charge on any atom is -1.00 e. The monoisotopic (exact) mass is 562 g/mol. The van der Waals surface area contributed by atoms with E-state index in [0.717, 1.165) is 0 Å². The summed E-state index contributed by atoms with van der Waals surface area (Å²) in [6.07, 6.45) is 0. The van der Waals surface area contributed by atoms with Crippen molar-refractivity contribution in [1.82, 2.24) is 0 Å². The molecule has 0 amide bonds. The molecular formula is C32H25ClLiO5P. The van der Waals surface area contributed by atoms with E-state index in [2.05, 4.69) is 0 Å². The zero-order valence-corrected chi connectivity index (χ0v) is 23.7. The molecule has 0 aliphatic rings. The van der Waals surface area contributed by atoms with Crippen molar-refractivity contribution in [3.05, 3.63) is 132 Å². The molecule has 8 heteroatoms. The van der Waals surface area contributed by atoms with Gasteiger partial charge in [0.1, 0.15) is 40.2 Å². The van der Waals surface area contributed by atoms with Crippen LogP contribution in [0.5, 0.6) is 40.2 Å². The van der Waals surface area contributed by atoms with Crippen LogP contribution in [0.4, 0.5) is 0 Å². The van der Waals surface area contributed by atoms with Crippen LogP contribution in [0.15, 0.2) is 121 Å². The van der Waals surface area contributed by atoms with E-state index in [1.807, 2.05) is 91.0 Å². The Morgan fingerprint density at radius 2 is 1.10 bits per heavy atom. The van der Waals surface area contributed by atoms with E-state index in [0.29, 0.717) is 56.1 Å². The molecule has 5 aromatic rings. The second kappa shape index (κ2) is 14.1. The normalized spacial score (nSPS) is 10.6. The van der Waals surface area contributed by atoms with Gasteiger partial charge in [-0.2, -0.15) is 0 Å². The summed E-state index contributed by atoms with van der Waals surface area (Å²) < 4.78 is 24.2. The maximum Gasteiger partial charge on any atom is 1.00 e. The van der Waals surface area contributed by atoms with Gasteiger partial charge >= 0.3 is 18.9 Å². The van der Waals surface area contributed by atoms with Crippen LogP contribution in [-0.4, -0.2) is 12.6 Å². The quantitative estimate of drug-likeness (QED) is 0.155. The van der Waals surface area contributed by atoms with Crippen molar-refractivity contribution in [2.45, 2.75) is 0 Å². The molecule has 0 N–H and O–H groups in total. The van der Waals surface area contributed by atoms with E-state index in [-0.39, 0.29) is 25.8 Å². The molecule has 0 radical (unpaired) electrons. The van der Waals surface area contributed by atoms with Gasteiger partial charge in [0.15, 0.2) is 5.52 Å². The molecule has 0 bridgehead atoms. The first-order valence-electron chi connectivity index (χ1n) is 12.1.